The van der Waals surface area contributed by atoms with Gasteiger partial charge < -0.3 is 4.90 Å². The summed E-state index contributed by atoms with van der Waals surface area (Å²) in [7, 11) is 1.65. The minimum absolute atomic E-state index is 0.000806. The molecule has 1 aromatic carbocycles. The lowest BCUT2D eigenvalue weighted by molar-refractivity contribution is -0.384. The molecule has 0 aliphatic carbocycles. The fourth-order valence-corrected chi connectivity index (χ4v) is 2.47. The van der Waals surface area contributed by atoms with Gasteiger partial charge in [0.2, 0.25) is 0 Å². The average molecular weight is 333 g/mol. The number of hydrogen-bond donors (Lipinski definition) is 0. The molecule has 1 amide bonds. The first-order valence-corrected chi connectivity index (χ1v) is 7.31. The molecule has 0 saturated carbocycles. The van der Waals surface area contributed by atoms with Crippen molar-refractivity contribution in [3.63, 3.8) is 0 Å². The minimum atomic E-state index is -0.601. The Morgan fingerprint density at radius 3 is 2.38 bits per heavy atom. The van der Waals surface area contributed by atoms with Crippen LogP contribution in [0.3, 0.4) is 0 Å². The lowest BCUT2D eigenvalue weighted by Crippen LogP contribution is -2.36. The van der Waals surface area contributed by atoms with Crippen LogP contribution in [0.25, 0.3) is 0 Å². The molecule has 0 N–H and O–H groups in total. The maximum absolute atomic E-state index is 12.5. The maximum Gasteiger partial charge on any atom is 0.271 e. The zero-order valence-corrected chi connectivity index (χ0v) is 13.9. The summed E-state index contributed by atoms with van der Waals surface area (Å²) in [5.74, 6) is 0.0539. The molecule has 0 saturated heterocycles. The Morgan fingerprint density at radius 2 is 1.90 bits per heavy atom. The SMILES string of the molecule is CC(C)CC(C)N(C)C(=O)c1cc([N+](=O)[O-])cc(Cl)c1Cl. The van der Waals surface area contributed by atoms with Crippen molar-refractivity contribution in [1.82, 2.24) is 4.90 Å². The first kappa shape index (κ1) is 17.7. The fourth-order valence-electron chi connectivity index (χ4n) is 2.07. The largest absolute Gasteiger partial charge is 0.339 e. The molecule has 1 aromatic rings. The van der Waals surface area contributed by atoms with Gasteiger partial charge in [-0.3, -0.25) is 14.9 Å². The van der Waals surface area contributed by atoms with E-state index in [9.17, 15) is 14.9 Å². The van der Waals surface area contributed by atoms with Crippen molar-refractivity contribution >= 4 is 34.8 Å². The third kappa shape index (κ3) is 4.32. The molecule has 116 valence electrons. The molecule has 0 aliphatic heterocycles. The van der Waals surface area contributed by atoms with Gasteiger partial charge in [0.05, 0.1) is 20.5 Å². The van der Waals surface area contributed by atoms with Crippen LogP contribution in [0.15, 0.2) is 12.1 Å². The van der Waals surface area contributed by atoms with Crippen LogP contribution in [0, 0.1) is 16.0 Å². The monoisotopic (exact) mass is 332 g/mol. The zero-order valence-electron chi connectivity index (χ0n) is 12.4. The molecule has 0 bridgehead atoms. The van der Waals surface area contributed by atoms with E-state index in [4.69, 9.17) is 23.2 Å². The first-order chi connectivity index (χ1) is 9.65. The van der Waals surface area contributed by atoms with Crippen LogP contribution < -0.4 is 0 Å². The van der Waals surface area contributed by atoms with Crippen molar-refractivity contribution in [2.24, 2.45) is 5.92 Å². The van der Waals surface area contributed by atoms with E-state index < -0.39 is 4.92 Å². The van der Waals surface area contributed by atoms with Crippen molar-refractivity contribution in [2.45, 2.75) is 33.2 Å². The smallest absolute Gasteiger partial charge is 0.271 e. The highest BCUT2D eigenvalue weighted by Gasteiger charge is 2.24. The van der Waals surface area contributed by atoms with Gasteiger partial charge in [-0.1, -0.05) is 37.0 Å². The lowest BCUT2D eigenvalue weighted by Gasteiger charge is -2.26. The van der Waals surface area contributed by atoms with Crippen molar-refractivity contribution in [1.29, 1.82) is 0 Å². The van der Waals surface area contributed by atoms with Crippen LogP contribution in [0.4, 0.5) is 5.69 Å². The first-order valence-electron chi connectivity index (χ1n) is 6.55. The van der Waals surface area contributed by atoms with Gasteiger partial charge in [-0.25, -0.2) is 0 Å². The molecular weight excluding hydrogens is 315 g/mol. The van der Waals surface area contributed by atoms with Crippen LogP contribution in [0.2, 0.25) is 10.0 Å². The van der Waals surface area contributed by atoms with Crippen molar-refractivity contribution in [3.05, 3.63) is 37.9 Å². The number of nitrogens with zero attached hydrogens (tertiary/aromatic N) is 2. The number of halogens is 2. The Bertz CT molecular complexity index is 561. The highest BCUT2D eigenvalue weighted by atomic mass is 35.5. The number of benzene rings is 1. The van der Waals surface area contributed by atoms with E-state index in [0.29, 0.717) is 5.92 Å². The molecule has 1 atom stereocenters. The second-order valence-corrected chi connectivity index (χ2v) is 6.23. The van der Waals surface area contributed by atoms with E-state index in [1.165, 1.54) is 4.90 Å². The van der Waals surface area contributed by atoms with E-state index in [0.717, 1.165) is 18.6 Å². The molecule has 0 aliphatic rings. The molecule has 0 heterocycles. The molecule has 1 rings (SSSR count). The summed E-state index contributed by atoms with van der Waals surface area (Å²) in [5.41, 5.74) is -0.202. The summed E-state index contributed by atoms with van der Waals surface area (Å²) in [6, 6.07) is 2.29. The number of carbonyl (C=O) groups excluding carboxylic acids is 1. The number of carbonyl (C=O) groups is 1. The second-order valence-electron chi connectivity index (χ2n) is 5.44. The zero-order chi connectivity index (χ0) is 16.3. The van der Waals surface area contributed by atoms with Crippen molar-refractivity contribution in [2.75, 3.05) is 7.05 Å². The normalized spacial score (nSPS) is 12.3. The molecule has 0 radical (unpaired) electrons. The molecule has 0 fully saturated rings. The summed E-state index contributed by atoms with van der Waals surface area (Å²) in [6.45, 7) is 6.04. The predicted molar refractivity (Wildman–Crippen MR) is 84.1 cm³/mol. The van der Waals surface area contributed by atoms with E-state index in [1.807, 2.05) is 6.92 Å². The van der Waals surface area contributed by atoms with E-state index >= 15 is 0 Å². The molecule has 0 aromatic heterocycles. The van der Waals surface area contributed by atoms with E-state index in [1.54, 1.807) is 7.05 Å². The Balaban J connectivity index is 3.14. The van der Waals surface area contributed by atoms with Crippen LogP contribution in [0.1, 0.15) is 37.6 Å². The van der Waals surface area contributed by atoms with Gasteiger partial charge >= 0.3 is 0 Å². The number of rotatable bonds is 5. The third-order valence-electron chi connectivity index (χ3n) is 3.25. The van der Waals surface area contributed by atoms with Crippen LogP contribution >= 0.6 is 23.2 Å². The lowest BCUT2D eigenvalue weighted by atomic mass is 10.0. The van der Waals surface area contributed by atoms with Gasteiger partial charge in [0.1, 0.15) is 0 Å². The van der Waals surface area contributed by atoms with Gasteiger partial charge in [0.25, 0.3) is 11.6 Å². The number of hydrogen-bond acceptors (Lipinski definition) is 3. The quantitative estimate of drug-likeness (QED) is 0.592. The van der Waals surface area contributed by atoms with Crippen LogP contribution in [-0.4, -0.2) is 28.8 Å². The van der Waals surface area contributed by atoms with Crippen LogP contribution in [-0.2, 0) is 0 Å². The molecule has 5 nitrogen and oxygen atoms in total. The minimum Gasteiger partial charge on any atom is -0.339 e. The van der Waals surface area contributed by atoms with E-state index in [2.05, 4.69) is 13.8 Å². The van der Waals surface area contributed by atoms with Gasteiger partial charge in [-0.15, -0.1) is 0 Å². The molecule has 7 heteroatoms. The summed E-state index contributed by atoms with van der Waals surface area (Å²) in [6.07, 6.45) is 0.822. The van der Waals surface area contributed by atoms with Gasteiger partial charge in [0, 0.05) is 25.2 Å². The summed E-state index contributed by atoms with van der Waals surface area (Å²) in [4.78, 5) is 24.3. The summed E-state index contributed by atoms with van der Waals surface area (Å²) in [5, 5.41) is 10.9. The Morgan fingerprint density at radius 1 is 1.33 bits per heavy atom. The van der Waals surface area contributed by atoms with E-state index in [-0.39, 0.29) is 33.2 Å². The standard InChI is InChI=1S/C14H18Cl2N2O3/c1-8(2)5-9(3)17(4)14(19)11-6-10(18(20)21)7-12(15)13(11)16/h6-9H,5H2,1-4H3. The van der Waals surface area contributed by atoms with Crippen LogP contribution in [0.5, 0.6) is 0 Å². The number of nitro groups is 1. The highest BCUT2D eigenvalue weighted by Crippen LogP contribution is 2.32. The molecular formula is C14H18Cl2N2O3. The average Bonchev–Trinajstić information content (AvgIpc) is 2.38. The highest BCUT2D eigenvalue weighted by molar-refractivity contribution is 6.44. The number of amides is 1. The fraction of sp³-hybridized carbons (Fsp3) is 0.500. The second kappa shape index (κ2) is 7.09. The predicted octanol–water partition coefficient (Wildman–Crippen LogP) is 4.41. The van der Waals surface area contributed by atoms with Gasteiger partial charge in [-0.05, 0) is 19.3 Å². The Hall–Kier alpha value is -1.33. The number of non-ortho nitro benzene ring substituents is 1. The molecule has 21 heavy (non-hydrogen) atoms. The van der Waals surface area contributed by atoms with Gasteiger partial charge in [-0.2, -0.15) is 0 Å². The third-order valence-corrected chi connectivity index (χ3v) is 4.05. The van der Waals surface area contributed by atoms with Gasteiger partial charge in [0.15, 0.2) is 0 Å². The molecule has 1 unspecified atom stereocenters. The maximum atomic E-state index is 12.5. The topological polar surface area (TPSA) is 63.5 Å². The Labute approximate surface area is 134 Å². The van der Waals surface area contributed by atoms with Crippen molar-refractivity contribution in [3.8, 4) is 0 Å². The molecule has 0 spiro atoms. The van der Waals surface area contributed by atoms with Crippen molar-refractivity contribution < 1.29 is 9.72 Å². The summed E-state index contributed by atoms with van der Waals surface area (Å²) >= 11 is 11.9. The summed E-state index contributed by atoms with van der Waals surface area (Å²) < 4.78 is 0. The Kier molecular flexibility index (Phi) is 5.98. The number of nitro benzene ring substituents is 1.